The quantitative estimate of drug-likeness (QED) is 0.185. The molecule has 0 saturated carbocycles. The highest BCUT2D eigenvalue weighted by Crippen LogP contribution is 2.40. The van der Waals surface area contributed by atoms with E-state index in [0.717, 1.165) is 55.3 Å². The zero-order valence-electron chi connectivity index (χ0n) is 34.1. The molecule has 0 aliphatic carbocycles. The van der Waals surface area contributed by atoms with Gasteiger partial charge in [-0.05, 0) is 95.0 Å². The SMILES string of the molecule is [2H]c1c([2H])c([2H])c2c(oc3c([2H])c([2H])c([2H])c(-c4ccc(-n5c6ccccc6c6cc(-c7ccc8c(c7)c7ccccc7n8-c7ccccc7)ccc65)cc4)c32)c1[2H]. The van der Waals surface area contributed by atoms with E-state index in [2.05, 4.69) is 106 Å². The summed E-state index contributed by atoms with van der Waals surface area (Å²) in [6.45, 7) is 0. The van der Waals surface area contributed by atoms with Crippen molar-refractivity contribution in [2.45, 2.75) is 0 Å². The first kappa shape index (κ1) is 22.0. The van der Waals surface area contributed by atoms with Crippen molar-refractivity contribution in [1.82, 2.24) is 9.13 Å². The van der Waals surface area contributed by atoms with Crippen molar-refractivity contribution in [2.75, 3.05) is 0 Å². The topological polar surface area (TPSA) is 23.0 Å². The van der Waals surface area contributed by atoms with Crippen LogP contribution in [0, 0.1) is 0 Å². The van der Waals surface area contributed by atoms with Crippen molar-refractivity contribution >= 4 is 65.6 Å². The van der Waals surface area contributed by atoms with E-state index in [9.17, 15) is 0 Å². The largest absolute Gasteiger partial charge is 0.456 e. The highest BCUT2D eigenvalue weighted by atomic mass is 16.3. The molecule has 0 fully saturated rings. The first-order valence-electron chi connectivity index (χ1n) is 20.4. The Morgan fingerprint density at radius 2 is 0.922 bits per heavy atom. The molecular weight excluding hydrogens is 621 g/mol. The number of furan rings is 1. The molecule has 3 aromatic heterocycles. The molecule has 0 amide bonds. The van der Waals surface area contributed by atoms with E-state index in [1.165, 1.54) is 10.8 Å². The maximum Gasteiger partial charge on any atom is 0.136 e. The lowest BCUT2D eigenvalue weighted by molar-refractivity contribution is 0.669. The summed E-state index contributed by atoms with van der Waals surface area (Å²) in [6, 6.07) is 45.7. The van der Waals surface area contributed by atoms with E-state index < -0.39 is 12.1 Å². The molecule has 0 unspecified atom stereocenters. The number of hydrogen-bond acceptors (Lipinski definition) is 1. The summed E-state index contributed by atoms with van der Waals surface area (Å²) < 4.78 is 70.3. The minimum Gasteiger partial charge on any atom is -0.456 e. The van der Waals surface area contributed by atoms with Gasteiger partial charge in [0.15, 0.2) is 0 Å². The summed E-state index contributed by atoms with van der Waals surface area (Å²) in [5.41, 5.74) is 9.28. The van der Waals surface area contributed by atoms with Crippen molar-refractivity contribution in [3.8, 4) is 33.6 Å². The second-order valence-corrected chi connectivity index (χ2v) is 12.8. The summed E-state index contributed by atoms with van der Waals surface area (Å²) in [5.74, 6) is 0. The summed E-state index contributed by atoms with van der Waals surface area (Å²) in [6.07, 6.45) is 0. The first-order valence-corrected chi connectivity index (χ1v) is 16.9. The van der Waals surface area contributed by atoms with Crippen LogP contribution in [0.25, 0.3) is 99.2 Å². The average Bonchev–Trinajstić information content (AvgIpc) is 3.93. The Kier molecular flexibility index (Phi) is 4.67. The average molecular weight is 658 g/mol. The molecule has 0 bridgehead atoms. The smallest absolute Gasteiger partial charge is 0.136 e. The normalized spacial score (nSPS) is 13.8. The molecule has 3 heterocycles. The van der Waals surface area contributed by atoms with E-state index >= 15 is 0 Å². The van der Waals surface area contributed by atoms with E-state index in [1.54, 1.807) is 0 Å². The maximum atomic E-state index is 8.97. The minimum absolute atomic E-state index is 0.0404. The van der Waals surface area contributed by atoms with Crippen LogP contribution in [0.5, 0.6) is 0 Å². The van der Waals surface area contributed by atoms with E-state index in [4.69, 9.17) is 14.0 Å². The van der Waals surface area contributed by atoms with Crippen LogP contribution in [0.1, 0.15) is 9.60 Å². The summed E-state index contributed by atoms with van der Waals surface area (Å²) >= 11 is 0. The van der Waals surface area contributed by atoms with Gasteiger partial charge in [-0.2, -0.15) is 0 Å². The van der Waals surface area contributed by atoms with Crippen LogP contribution in [0.15, 0.2) is 186 Å². The molecule has 11 aromatic rings. The lowest BCUT2D eigenvalue weighted by Crippen LogP contribution is -1.94. The van der Waals surface area contributed by atoms with Crippen molar-refractivity contribution < 1.29 is 14.0 Å². The number of fused-ring (bicyclic) bond motifs is 9. The predicted octanol–water partition coefficient (Wildman–Crippen LogP) is 13.1. The number of para-hydroxylation sites is 4. The Hall–Kier alpha value is -6.84. The Bertz CT molecular complexity index is 3530. The molecule has 0 spiro atoms. The summed E-state index contributed by atoms with van der Waals surface area (Å²) in [5, 5.41) is 4.91. The third-order valence-corrected chi connectivity index (χ3v) is 10.1. The lowest BCUT2D eigenvalue weighted by atomic mass is 9.99. The molecule has 0 N–H and O–H groups in total. The van der Waals surface area contributed by atoms with Crippen LogP contribution in [0.4, 0.5) is 0 Å². The highest BCUT2D eigenvalue weighted by Gasteiger charge is 2.17. The van der Waals surface area contributed by atoms with E-state index in [1.807, 2.05) is 42.5 Å². The number of rotatable bonds is 4. The second kappa shape index (κ2) is 10.8. The van der Waals surface area contributed by atoms with Crippen molar-refractivity contribution in [1.29, 1.82) is 0 Å². The fraction of sp³-hybridized carbons (Fsp3) is 0. The minimum atomic E-state index is -0.447. The molecule has 0 aliphatic rings. The third-order valence-electron chi connectivity index (χ3n) is 10.1. The van der Waals surface area contributed by atoms with Crippen LogP contribution in [0.2, 0.25) is 0 Å². The van der Waals surface area contributed by atoms with Crippen LogP contribution in [0.3, 0.4) is 0 Å². The number of benzene rings is 8. The highest BCUT2D eigenvalue weighted by molar-refractivity contribution is 6.14. The molecule has 51 heavy (non-hydrogen) atoms. The van der Waals surface area contributed by atoms with Crippen molar-refractivity contribution in [2.24, 2.45) is 0 Å². The summed E-state index contributed by atoms with van der Waals surface area (Å²) in [7, 11) is 0. The van der Waals surface area contributed by atoms with Crippen molar-refractivity contribution in [3.05, 3.63) is 182 Å². The fourth-order valence-corrected chi connectivity index (χ4v) is 7.79. The van der Waals surface area contributed by atoms with Gasteiger partial charge in [0.25, 0.3) is 0 Å². The van der Waals surface area contributed by atoms with Gasteiger partial charge in [-0.25, -0.2) is 0 Å². The molecular formula is C48H30N2O. The molecule has 11 rings (SSSR count). The van der Waals surface area contributed by atoms with Gasteiger partial charge in [0.2, 0.25) is 0 Å². The lowest BCUT2D eigenvalue weighted by Gasteiger charge is -2.11. The number of aromatic nitrogens is 2. The molecule has 0 radical (unpaired) electrons. The van der Waals surface area contributed by atoms with Gasteiger partial charge in [0.05, 0.1) is 31.7 Å². The Morgan fingerprint density at radius 1 is 0.392 bits per heavy atom. The molecule has 238 valence electrons. The Morgan fingerprint density at radius 3 is 1.59 bits per heavy atom. The van der Waals surface area contributed by atoms with Gasteiger partial charge < -0.3 is 13.6 Å². The van der Waals surface area contributed by atoms with E-state index in [0.29, 0.717) is 5.56 Å². The maximum absolute atomic E-state index is 8.97. The van der Waals surface area contributed by atoms with Gasteiger partial charge in [-0.3, -0.25) is 0 Å². The predicted molar refractivity (Wildman–Crippen MR) is 213 cm³/mol. The standard InChI is InChI=1S/C48H30N2O/c1-2-11-34(12-3-1)49-42-17-7-4-13-37(42)40-29-32(23-27-44(40)49)33-24-28-45-41(30-33)38-14-5-8-18-43(38)50(45)35-25-21-31(22-26-35)36-16-10-20-47-48(36)39-15-6-9-19-46(39)51-47/h1-30H/i6D,9D,10D,15D,16D,19D,20D. The van der Waals surface area contributed by atoms with Gasteiger partial charge >= 0.3 is 0 Å². The van der Waals surface area contributed by atoms with Crippen LogP contribution >= 0.6 is 0 Å². The molecule has 0 aliphatic heterocycles. The zero-order valence-corrected chi connectivity index (χ0v) is 27.1. The molecule has 0 saturated heterocycles. The van der Waals surface area contributed by atoms with Crippen LogP contribution in [-0.4, -0.2) is 9.13 Å². The molecule has 8 aromatic carbocycles. The van der Waals surface area contributed by atoms with Crippen LogP contribution < -0.4 is 0 Å². The number of hydrogen-bond donors (Lipinski definition) is 0. The van der Waals surface area contributed by atoms with Gasteiger partial charge in [0.1, 0.15) is 11.2 Å². The monoisotopic (exact) mass is 657 g/mol. The van der Waals surface area contributed by atoms with Crippen LogP contribution in [-0.2, 0) is 0 Å². The molecule has 3 nitrogen and oxygen atoms in total. The summed E-state index contributed by atoms with van der Waals surface area (Å²) in [4.78, 5) is 0. The second-order valence-electron chi connectivity index (χ2n) is 12.8. The Labute approximate surface area is 303 Å². The first-order chi connectivity index (χ1) is 28.2. The number of nitrogens with zero attached hydrogens (tertiary/aromatic N) is 2. The van der Waals surface area contributed by atoms with Gasteiger partial charge in [-0.1, -0.05) is 109 Å². The molecule has 3 heteroatoms. The van der Waals surface area contributed by atoms with E-state index in [-0.39, 0.29) is 57.7 Å². The van der Waals surface area contributed by atoms with Crippen molar-refractivity contribution in [3.63, 3.8) is 0 Å². The fourth-order valence-electron chi connectivity index (χ4n) is 7.79. The Balaban J connectivity index is 1.06. The van der Waals surface area contributed by atoms with Gasteiger partial charge in [-0.15, -0.1) is 0 Å². The zero-order chi connectivity index (χ0) is 39.6. The third kappa shape index (κ3) is 4.19. The molecule has 0 atom stereocenters. The van der Waals surface area contributed by atoms with Gasteiger partial charge in [0, 0.05) is 43.7 Å².